The van der Waals surface area contributed by atoms with E-state index in [-0.39, 0.29) is 17.7 Å². The Bertz CT molecular complexity index is 2200. The van der Waals surface area contributed by atoms with Gasteiger partial charge < -0.3 is 42.7 Å². The zero-order valence-electron chi connectivity index (χ0n) is 36.2. The molecule has 0 aliphatic carbocycles. The Balaban J connectivity index is 1.50. The van der Waals surface area contributed by atoms with Gasteiger partial charge in [-0.1, -0.05) is 98.7 Å². The molecule has 6 rings (SSSR count). The summed E-state index contributed by atoms with van der Waals surface area (Å²) in [6.45, 7) is 9.42. The highest BCUT2D eigenvalue weighted by atomic mass is 28.4. The minimum Gasteiger partial charge on any atom is -0.463 e. The fraction of sp³-hybridized carbons (Fsp3) is 0.455. The lowest BCUT2D eigenvalue weighted by Crippen LogP contribution is -2.70. The number of esters is 4. The van der Waals surface area contributed by atoms with Gasteiger partial charge in [-0.05, 0) is 33.1 Å². The zero-order chi connectivity index (χ0) is 46.5. The van der Waals surface area contributed by atoms with Crippen LogP contribution in [0.4, 0.5) is 0 Å². The molecule has 0 radical (unpaired) electrons. The van der Waals surface area contributed by atoms with Gasteiger partial charge in [0.25, 0.3) is 20.1 Å². The van der Waals surface area contributed by atoms with E-state index in [0.29, 0.717) is 0 Å². The van der Waals surface area contributed by atoms with Crippen molar-refractivity contribution in [2.24, 2.45) is 5.11 Å². The standard InChI is InChI=1S/C44H50N4O15Si/c1-24(49)56-22-32-37(58-25(2)50)38(59-26(3)51)39(60-27(4)52)43(62-32)63-36-33(23-57-64(44(5,6)7,28-16-10-8-11-17-28)29-18-12-9-13-19-29)61-40(46-47-45)34(35(36)53)48-41(54)30-20-14-15-21-31(30)42(48)55/h8-21,32-40,43,53H,22-23H2,1-7H3/t32?,33?,34?,35-,36-,37+,38+,39?,40-,43+/m1/s1. The summed E-state index contributed by atoms with van der Waals surface area (Å²) in [6, 6.07) is 23.3. The SMILES string of the molecule is CC(=O)OCC1O[C@@H](O[C@@H]2C(CO[Si](c3ccccc3)(c3ccccc3)C(C)(C)C)O[C@@H](N=[N+]=[N-])C(N3C(=O)c4ccccc4C3=O)[C@H]2O)C(OC(C)=O)[C@@H](OC(C)=O)[C@H]1OC(C)=O. The molecule has 3 aliphatic heterocycles. The molecule has 3 aromatic carbocycles. The predicted octanol–water partition coefficient (Wildman–Crippen LogP) is 3.09. The minimum absolute atomic E-state index is 0.0218. The number of rotatable bonds is 14. The first-order valence-electron chi connectivity index (χ1n) is 20.4. The molecule has 1 N–H and O–H groups in total. The van der Waals surface area contributed by atoms with E-state index in [4.69, 9.17) is 37.6 Å². The number of carbonyl (C=O) groups excluding carboxylic acids is 6. The molecule has 19 nitrogen and oxygen atoms in total. The second kappa shape index (κ2) is 19.8. The average Bonchev–Trinajstić information content (AvgIpc) is 3.48. The van der Waals surface area contributed by atoms with Gasteiger partial charge in [0.05, 0.1) is 17.7 Å². The highest BCUT2D eigenvalue weighted by Crippen LogP contribution is 2.40. The molecule has 0 saturated carbocycles. The second-order valence-corrected chi connectivity index (χ2v) is 20.7. The lowest BCUT2D eigenvalue weighted by atomic mass is 9.93. The number of carbonyl (C=O) groups is 6. The minimum atomic E-state index is -3.40. The number of amides is 2. The van der Waals surface area contributed by atoms with Gasteiger partial charge in [0.15, 0.2) is 30.8 Å². The smallest absolute Gasteiger partial charge is 0.303 e. The fourth-order valence-corrected chi connectivity index (χ4v) is 13.1. The van der Waals surface area contributed by atoms with Gasteiger partial charge in [-0.15, -0.1) is 0 Å². The van der Waals surface area contributed by atoms with Crippen molar-refractivity contribution in [3.05, 3.63) is 106 Å². The molecule has 0 spiro atoms. The molecule has 2 saturated heterocycles. The largest absolute Gasteiger partial charge is 0.463 e. The normalized spacial score (nSPS) is 26.8. The molecule has 340 valence electrons. The summed E-state index contributed by atoms with van der Waals surface area (Å²) >= 11 is 0. The van der Waals surface area contributed by atoms with E-state index in [0.717, 1.165) is 43.0 Å². The highest BCUT2D eigenvalue weighted by Gasteiger charge is 2.59. The zero-order valence-corrected chi connectivity index (χ0v) is 37.2. The first-order chi connectivity index (χ1) is 30.4. The van der Waals surface area contributed by atoms with Crippen molar-refractivity contribution in [3.63, 3.8) is 0 Å². The molecule has 2 fully saturated rings. The molecule has 2 amide bonds. The van der Waals surface area contributed by atoms with Crippen LogP contribution in [0.15, 0.2) is 90.0 Å². The maximum atomic E-state index is 14.0. The number of aliphatic hydroxyl groups is 1. The van der Waals surface area contributed by atoms with Crippen LogP contribution in [-0.4, -0.2) is 129 Å². The Labute approximate surface area is 369 Å². The van der Waals surface area contributed by atoms with Crippen LogP contribution in [0, 0.1) is 0 Å². The lowest BCUT2D eigenvalue weighted by molar-refractivity contribution is -0.339. The van der Waals surface area contributed by atoms with Gasteiger partial charge in [-0.2, -0.15) is 0 Å². The molecule has 4 unspecified atom stereocenters. The molecule has 20 heteroatoms. The Morgan fingerprint density at radius 1 is 0.703 bits per heavy atom. The van der Waals surface area contributed by atoms with E-state index in [1.165, 1.54) is 12.1 Å². The van der Waals surface area contributed by atoms with Crippen molar-refractivity contribution in [2.75, 3.05) is 13.2 Å². The summed E-state index contributed by atoms with van der Waals surface area (Å²) in [5.74, 6) is -5.06. The Morgan fingerprint density at radius 2 is 1.19 bits per heavy atom. The lowest BCUT2D eigenvalue weighted by Gasteiger charge is -2.50. The van der Waals surface area contributed by atoms with E-state index >= 15 is 0 Å². The maximum absolute atomic E-state index is 14.0. The Kier molecular flexibility index (Phi) is 14.7. The molecule has 10 atom stereocenters. The van der Waals surface area contributed by atoms with Crippen molar-refractivity contribution in [3.8, 4) is 0 Å². The van der Waals surface area contributed by atoms with Crippen molar-refractivity contribution in [1.82, 2.24) is 4.90 Å². The third-order valence-corrected chi connectivity index (χ3v) is 16.1. The first-order valence-corrected chi connectivity index (χ1v) is 22.4. The van der Waals surface area contributed by atoms with Crippen LogP contribution in [-0.2, 0) is 56.8 Å². The van der Waals surface area contributed by atoms with Gasteiger partial charge in [0, 0.05) is 32.6 Å². The third-order valence-electron chi connectivity index (χ3n) is 11.1. The van der Waals surface area contributed by atoms with Gasteiger partial charge in [-0.3, -0.25) is 33.7 Å². The van der Waals surface area contributed by atoms with E-state index in [1.54, 1.807) is 12.1 Å². The summed E-state index contributed by atoms with van der Waals surface area (Å²) < 4.78 is 48.6. The fourth-order valence-electron chi connectivity index (χ4n) is 8.55. The predicted molar refractivity (Wildman–Crippen MR) is 225 cm³/mol. The average molecular weight is 903 g/mol. The molecule has 64 heavy (non-hydrogen) atoms. The molecular weight excluding hydrogens is 853 g/mol. The van der Waals surface area contributed by atoms with Crippen LogP contribution >= 0.6 is 0 Å². The summed E-state index contributed by atoms with van der Waals surface area (Å²) in [5, 5.41) is 17.6. The number of imide groups is 1. The van der Waals surface area contributed by atoms with E-state index in [9.17, 15) is 39.4 Å². The summed E-state index contributed by atoms with van der Waals surface area (Å²) in [5.41, 5.74) is 9.89. The van der Waals surface area contributed by atoms with Gasteiger partial charge in [0.2, 0.25) is 0 Å². The number of hydrogen-bond donors (Lipinski definition) is 1. The van der Waals surface area contributed by atoms with Crippen LogP contribution in [0.1, 0.15) is 69.2 Å². The van der Waals surface area contributed by atoms with Crippen LogP contribution in [0.25, 0.3) is 10.4 Å². The van der Waals surface area contributed by atoms with Crippen LogP contribution in [0.5, 0.6) is 0 Å². The number of ether oxygens (including phenoxy) is 7. The topological polar surface area (TPSA) is 248 Å². The number of nitrogens with zero attached hydrogens (tertiary/aromatic N) is 4. The van der Waals surface area contributed by atoms with Gasteiger partial charge in [0.1, 0.15) is 37.1 Å². The summed E-state index contributed by atoms with van der Waals surface area (Å²) in [7, 11) is -3.40. The van der Waals surface area contributed by atoms with Gasteiger partial charge >= 0.3 is 23.9 Å². The number of aliphatic hydroxyl groups excluding tert-OH is 1. The number of fused-ring (bicyclic) bond motifs is 1. The van der Waals surface area contributed by atoms with Crippen LogP contribution in [0.3, 0.4) is 0 Å². The van der Waals surface area contributed by atoms with E-state index in [2.05, 4.69) is 10.0 Å². The molecule has 3 aliphatic rings. The number of benzene rings is 3. The molecular formula is C44H50N4O15Si. The Hall–Kier alpha value is -5.99. The summed E-state index contributed by atoms with van der Waals surface area (Å²) in [6.07, 6.45) is -15.0. The van der Waals surface area contributed by atoms with E-state index in [1.807, 2.05) is 81.4 Å². The van der Waals surface area contributed by atoms with Crippen LogP contribution in [0.2, 0.25) is 5.04 Å². The molecule has 3 aromatic rings. The third kappa shape index (κ3) is 9.72. The maximum Gasteiger partial charge on any atom is 0.303 e. The second-order valence-electron chi connectivity index (χ2n) is 16.4. The molecule has 0 bridgehead atoms. The van der Waals surface area contributed by atoms with Crippen molar-refractivity contribution in [1.29, 1.82) is 0 Å². The number of hydrogen-bond acceptors (Lipinski definition) is 16. The summed E-state index contributed by atoms with van der Waals surface area (Å²) in [4.78, 5) is 81.6. The monoisotopic (exact) mass is 902 g/mol. The van der Waals surface area contributed by atoms with Crippen molar-refractivity contribution < 1.29 is 71.5 Å². The molecule has 3 heterocycles. The van der Waals surface area contributed by atoms with Crippen molar-refractivity contribution >= 4 is 54.4 Å². The Morgan fingerprint density at radius 3 is 1.67 bits per heavy atom. The highest BCUT2D eigenvalue weighted by molar-refractivity contribution is 6.99. The van der Waals surface area contributed by atoms with Crippen LogP contribution < -0.4 is 10.4 Å². The first kappa shape index (κ1) is 47.5. The van der Waals surface area contributed by atoms with Gasteiger partial charge in [-0.25, -0.2) is 0 Å². The van der Waals surface area contributed by atoms with Crippen molar-refractivity contribution in [2.45, 2.75) is 115 Å². The van der Waals surface area contributed by atoms with E-state index < -0.39 is 117 Å². The quantitative estimate of drug-likeness (QED) is 0.0464. The number of azide groups is 1. The molecule has 0 aromatic heterocycles.